The van der Waals surface area contributed by atoms with Gasteiger partial charge in [-0.1, -0.05) is 30.7 Å². The molecule has 0 radical (unpaired) electrons. The van der Waals surface area contributed by atoms with Gasteiger partial charge in [0.15, 0.2) is 0 Å². The van der Waals surface area contributed by atoms with Crippen LogP contribution in [0.25, 0.3) is 0 Å². The summed E-state index contributed by atoms with van der Waals surface area (Å²) in [6.07, 6.45) is 0.989. The van der Waals surface area contributed by atoms with Crippen molar-refractivity contribution in [2.45, 2.75) is 20.0 Å². The summed E-state index contributed by atoms with van der Waals surface area (Å²) in [4.78, 5) is 0. The first-order valence-electron chi connectivity index (χ1n) is 4.85. The highest BCUT2D eigenvalue weighted by Crippen LogP contribution is 2.18. The molecule has 3 N–H and O–H groups in total. The molecule has 3 nitrogen and oxygen atoms in total. The Labute approximate surface area is 94.7 Å². The summed E-state index contributed by atoms with van der Waals surface area (Å²) in [5.74, 6) is 0.0259. The third-order valence-electron chi connectivity index (χ3n) is 1.97. The largest absolute Gasteiger partial charge is 0.384 e. The van der Waals surface area contributed by atoms with Crippen molar-refractivity contribution in [1.82, 2.24) is 0 Å². The van der Waals surface area contributed by atoms with Gasteiger partial charge >= 0.3 is 0 Å². The molecule has 0 spiro atoms. The summed E-state index contributed by atoms with van der Waals surface area (Å²) in [5, 5.41) is 7.85. The highest BCUT2D eigenvalue weighted by atomic mass is 35.5. The monoisotopic (exact) mass is 226 g/mol. The highest BCUT2D eigenvalue weighted by Gasteiger charge is 2.03. The van der Waals surface area contributed by atoms with Gasteiger partial charge in [-0.25, -0.2) is 0 Å². The van der Waals surface area contributed by atoms with E-state index in [1.165, 1.54) is 0 Å². The molecule has 0 aliphatic rings. The Balaban J connectivity index is 2.70. The first-order chi connectivity index (χ1) is 7.15. The van der Waals surface area contributed by atoms with Gasteiger partial charge in [0.25, 0.3) is 0 Å². The Morgan fingerprint density at radius 3 is 2.80 bits per heavy atom. The van der Waals surface area contributed by atoms with Gasteiger partial charge in [0.1, 0.15) is 5.84 Å². The Bertz CT molecular complexity index is 352. The number of nitrogen functional groups attached to an aromatic ring is 1. The van der Waals surface area contributed by atoms with E-state index in [1.807, 2.05) is 6.07 Å². The number of ether oxygens (including phenoxy) is 1. The molecule has 0 aliphatic heterocycles. The number of rotatable bonds is 5. The van der Waals surface area contributed by atoms with Crippen molar-refractivity contribution in [2.75, 3.05) is 6.61 Å². The highest BCUT2D eigenvalue weighted by molar-refractivity contribution is 6.31. The van der Waals surface area contributed by atoms with E-state index in [2.05, 4.69) is 6.92 Å². The summed E-state index contributed by atoms with van der Waals surface area (Å²) < 4.78 is 5.38. The van der Waals surface area contributed by atoms with Gasteiger partial charge in [0.2, 0.25) is 0 Å². The zero-order chi connectivity index (χ0) is 11.3. The molecule has 0 atom stereocenters. The van der Waals surface area contributed by atoms with Crippen molar-refractivity contribution >= 4 is 17.4 Å². The summed E-state index contributed by atoms with van der Waals surface area (Å²) >= 11 is 6.02. The minimum absolute atomic E-state index is 0.0259. The fourth-order valence-corrected chi connectivity index (χ4v) is 1.39. The van der Waals surface area contributed by atoms with E-state index >= 15 is 0 Å². The van der Waals surface area contributed by atoms with Crippen LogP contribution in [-0.4, -0.2) is 12.4 Å². The lowest BCUT2D eigenvalue weighted by Crippen LogP contribution is -2.11. The van der Waals surface area contributed by atoms with Crippen molar-refractivity contribution in [1.29, 1.82) is 5.41 Å². The molecule has 0 unspecified atom stereocenters. The fraction of sp³-hybridized carbons (Fsp3) is 0.364. The molecule has 0 aromatic heterocycles. The van der Waals surface area contributed by atoms with E-state index < -0.39 is 0 Å². The summed E-state index contributed by atoms with van der Waals surface area (Å²) in [7, 11) is 0. The van der Waals surface area contributed by atoms with E-state index in [-0.39, 0.29) is 5.84 Å². The lowest BCUT2D eigenvalue weighted by atomic mass is 10.1. The normalized spacial score (nSPS) is 10.3. The molecule has 1 rings (SSSR count). The van der Waals surface area contributed by atoms with Gasteiger partial charge in [0, 0.05) is 17.2 Å². The van der Waals surface area contributed by atoms with E-state index in [1.54, 1.807) is 12.1 Å². The molecule has 0 aliphatic carbocycles. The van der Waals surface area contributed by atoms with E-state index in [0.717, 1.165) is 18.6 Å². The van der Waals surface area contributed by atoms with Crippen molar-refractivity contribution in [3.8, 4) is 0 Å². The topological polar surface area (TPSA) is 59.1 Å². The van der Waals surface area contributed by atoms with Crippen molar-refractivity contribution in [3.63, 3.8) is 0 Å². The number of halogens is 1. The molecule has 15 heavy (non-hydrogen) atoms. The van der Waals surface area contributed by atoms with Gasteiger partial charge in [-0.3, -0.25) is 5.41 Å². The number of benzene rings is 1. The average Bonchev–Trinajstić information content (AvgIpc) is 2.20. The van der Waals surface area contributed by atoms with Gasteiger partial charge in [-0.05, 0) is 18.1 Å². The number of amidine groups is 1. The molecular weight excluding hydrogens is 212 g/mol. The van der Waals surface area contributed by atoms with Crippen LogP contribution in [0.5, 0.6) is 0 Å². The third kappa shape index (κ3) is 3.53. The first-order valence-corrected chi connectivity index (χ1v) is 5.23. The van der Waals surface area contributed by atoms with E-state index in [0.29, 0.717) is 17.2 Å². The number of hydrogen-bond donors (Lipinski definition) is 2. The van der Waals surface area contributed by atoms with Crippen molar-refractivity contribution < 1.29 is 4.74 Å². The van der Waals surface area contributed by atoms with E-state index in [9.17, 15) is 0 Å². The van der Waals surface area contributed by atoms with Crippen LogP contribution in [0.1, 0.15) is 24.5 Å². The zero-order valence-electron chi connectivity index (χ0n) is 8.72. The molecule has 1 aromatic rings. The van der Waals surface area contributed by atoms with Crippen molar-refractivity contribution in [2.24, 2.45) is 5.73 Å². The molecule has 0 bridgehead atoms. The summed E-state index contributed by atoms with van der Waals surface area (Å²) in [5.41, 5.74) is 6.91. The zero-order valence-corrected chi connectivity index (χ0v) is 9.47. The Morgan fingerprint density at radius 1 is 1.53 bits per heavy atom. The number of nitrogens with one attached hydrogen (secondary N) is 1. The van der Waals surface area contributed by atoms with Crippen LogP contribution in [0, 0.1) is 5.41 Å². The first kappa shape index (κ1) is 12.0. The van der Waals surface area contributed by atoms with Crippen LogP contribution in [-0.2, 0) is 11.3 Å². The van der Waals surface area contributed by atoms with Gasteiger partial charge < -0.3 is 10.5 Å². The van der Waals surface area contributed by atoms with Gasteiger partial charge in [-0.2, -0.15) is 0 Å². The van der Waals surface area contributed by atoms with Crippen LogP contribution in [0.4, 0.5) is 0 Å². The van der Waals surface area contributed by atoms with Crippen molar-refractivity contribution in [3.05, 3.63) is 34.3 Å². The summed E-state index contributed by atoms with van der Waals surface area (Å²) in [6, 6.07) is 5.31. The second-order valence-corrected chi connectivity index (χ2v) is 3.68. The smallest absolute Gasteiger partial charge is 0.122 e. The Morgan fingerprint density at radius 2 is 2.27 bits per heavy atom. The minimum Gasteiger partial charge on any atom is -0.384 e. The molecule has 0 saturated heterocycles. The quantitative estimate of drug-likeness (QED) is 0.461. The molecule has 82 valence electrons. The lowest BCUT2D eigenvalue weighted by Gasteiger charge is -2.06. The molecule has 4 heteroatoms. The maximum Gasteiger partial charge on any atom is 0.122 e. The van der Waals surface area contributed by atoms with Gasteiger partial charge in [0.05, 0.1) is 6.61 Å². The second-order valence-electron chi connectivity index (χ2n) is 3.27. The molecular formula is C11H15ClN2O. The minimum atomic E-state index is 0.0259. The van der Waals surface area contributed by atoms with Crippen LogP contribution in [0.3, 0.4) is 0 Å². The Kier molecular flexibility index (Phi) is 4.59. The lowest BCUT2D eigenvalue weighted by molar-refractivity contribution is 0.121. The van der Waals surface area contributed by atoms with Crippen LogP contribution >= 0.6 is 11.6 Å². The SMILES string of the molecule is CCCOCc1ccc(C(=N)N)cc1Cl. The summed E-state index contributed by atoms with van der Waals surface area (Å²) in [6.45, 7) is 3.29. The van der Waals surface area contributed by atoms with Crippen LogP contribution in [0.15, 0.2) is 18.2 Å². The molecule has 0 saturated carbocycles. The Hall–Kier alpha value is -1.06. The predicted molar refractivity (Wildman–Crippen MR) is 62.4 cm³/mol. The number of hydrogen-bond acceptors (Lipinski definition) is 2. The molecule has 0 fully saturated rings. The predicted octanol–water partition coefficient (Wildman–Crippen LogP) is 2.55. The molecule has 1 aromatic carbocycles. The average molecular weight is 227 g/mol. The second kappa shape index (κ2) is 5.73. The van der Waals surface area contributed by atoms with Crippen LogP contribution < -0.4 is 5.73 Å². The van der Waals surface area contributed by atoms with Gasteiger partial charge in [-0.15, -0.1) is 0 Å². The maximum atomic E-state index is 7.26. The number of nitrogens with two attached hydrogens (primary N) is 1. The third-order valence-corrected chi connectivity index (χ3v) is 2.32. The van der Waals surface area contributed by atoms with E-state index in [4.69, 9.17) is 27.5 Å². The maximum absolute atomic E-state index is 7.26. The van der Waals surface area contributed by atoms with Crippen LogP contribution in [0.2, 0.25) is 5.02 Å². The molecule has 0 amide bonds. The fourth-order valence-electron chi connectivity index (χ4n) is 1.16. The molecule has 0 heterocycles. The standard InChI is InChI=1S/C11H15ClN2O/c1-2-5-15-7-9-4-3-8(11(13)14)6-10(9)12/h3-4,6H,2,5,7H2,1H3,(H3,13,14).